The zero-order valence-electron chi connectivity index (χ0n) is 22.0. The molecule has 9 heteroatoms. The minimum atomic E-state index is -0.262. The molecule has 0 atom stereocenters. The van der Waals surface area contributed by atoms with Crippen LogP contribution in [-0.4, -0.2) is 39.2 Å². The number of methoxy groups -OCH3 is 1. The van der Waals surface area contributed by atoms with Crippen LogP contribution in [0.25, 0.3) is 17.1 Å². The number of thioether (sulfide) groups is 1. The monoisotopic (exact) mass is 547 g/mol. The Kier molecular flexibility index (Phi) is 8.54. The van der Waals surface area contributed by atoms with Crippen LogP contribution in [0.5, 0.6) is 5.75 Å². The Balaban J connectivity index is 1.57. The topological polar surface area (TPSA) is 81.4 Å². The van der Waals surface area contributed by atoms with Crippen molar-refractivity contribution < 1.29 is 9.53 Å². The van der Waals surface area contributed by atoms with Crippen LogP contribution in [0.3, 0.4) is 0 Å². The molecule has 0 aliphatic heterocycles. The first-order valence-corrected chi connectivity index (χ1v) is 13.5. The molecular weight excluding hydrogens is 518 g/mol. The summed E-state index contributed by atoms with van der Waals surface area (Å²) in [5.41, 5.74) is 7.06. The van der Waals surface area contributed by atoms with Crippen LogP contribution in [0.2, 0.25) is 5.02 Å². The van der Waals surface area contributed by atoms with Crippen molar-refractivity contribution in [3.63, 3.8) is 0 Å². The lowest BCUT2D eigenvalue weighted by Gasteiger charge is -2.19. The fraction of sp³-hybridized carbons (Fsp3) is 0.241. The Morgan fingerprint density at radius 1 is 1.03 bits per heavy atom. The van der Waals surface area contributed by atoms with Gasteiger partial charge in [0.25, 0.3) is 5.91 Å². The first kappa shape index (κ1) is 27.4. The lowest BCUT2D eigenvalue weighted by molar-refractivity contribution is -0.118. The molecule has 38 heavy (non-hydrogen) atoms. The van der Waals surface area contributed by atoms with Crippen molar-refractivity contribution in [2.45, 2.75) is 38.3 Å². The van der Waals surface area contributed by atoms with Gasteiger partial charge in [-0.25, -0.2) is 5.43 Å². The van der Waals surface area contributed by atoms with E-state index in [0.29, 0.717) is 21.7 Å². The molecule has 0 fully saturated rings. The summed E-state index contributed by atoms with van der Waals surface area (Å²) in [5, 5.41) is 14.3. The van der Waals surface area contributed by atoms with Crippen molar-refractivity contribution in [1.29, 1.82) is 0 Å². The van der Waals surface area contributed by atoms with Crippen molar-refractivity contribution in [1.82, 2.24) is 20.2 Å². The highest BCUT2D eigenvalue weighted by molar-refractivity contribution is 7.99. The van der Waals surface area contributed by atoms with Crippen LogP contribution in [0, 0.1) is 0 Å². The summed E-state index contributed by atoms with van der Waals surface area (Å²) in [4.78, 5) is 12.6. The predicted molar refractivity (Wildman–Crippen MR) is 155 cm³/mol. The number of halogens is 1. The number of hydrogen-bond acceptors (Lipinski definition) is 6. The van der Waals surface area contributed by atoms with Crippen molar-refractivity contribution >= 4 is 35.0 Å². The van der Waals surface area contributed by atoms with E-state index in [-0.39, 0.29) is 17.1 Å². The summed E-state index contributed by atoms with van der Waals surface area (Å²) in [6.07, 6.45) is 0. The molecule has 0 aliphatic carbocycles. The van der Waals surface area contributed by atoms with Crippen LogP contribution in [-0.2, 0) is 10.2 Å². The SMILES string of the molecule is COc1ccc(-n2c(SCC(=O)N/N=C(/C)c3ccccc3Cl)nnc2-c2ccc(C(C)(C)C)cc2)cc1. The van der Waals surface area contributed by atoms with E-state index in [0.717, 1.165) is 22.6 Å². The number of carbonyl (C=O) groups is 1. The van der Waals surface area contributed by atoms with Crippen LogP contribution in [0.1, 0.15) is 38.8 Å². The van der Waals surface area contributed by atoms with Gasteiger partial charge in [-0.15, -0.1) is 10.2 Å². The van der Waals surface area contributed by atoms with E-state index in [1.54, 1.807) is 20.1 Å². The third-order valence-electron chi connectivity index (χ3n) is 5.92. The van der Waals surface area contributed by atoms with E-state index in [1.807, 2.05) is 47.0 Å². The Morgan fingerprint density at radius 2 is 1.71 bits per heavy atom. The molecule has 4 rings (SSSR count). The molecule has 196 valence electrons. The van der Waals surface area contributed by atoms with E-state index >= 15 is 0 Å². The summed E-state index contributed by atoms with van der Waals surface area (Å²) in [7, 11) is 1.63. The highest BCUT2D eigenvalue weighted by atomic mass is 35.5. The van der Waals surface area contributed by atoms with Gasteiger partial charge in [0.2, 0.25) is 0 Å². The van der Waals surface area contributed by atoms with Crippen LogP contribution >= 0.6 is 23.4 Å². The molecule has 0 spiro atoms. The molecule has 1 heterocycles. The van der Waals surface area contributed by atoms with Gasteiger partial charge in [-0.05, 0) is 48.2 Å². The van der Waals surface area contributed by atoms with Gasteiger partial charge >= 0.3 is 0 Å². The van der Waals surface area contributed by atoms with E-state index in [1.165, 1.54) is 17.3 Å². The summed E-state index contributed by atoms with van der Waals surface area (Å²) < 4.78 is 7.27. The molecule has 0 bridgehead atoms. The molecule has 1 N–H and O–H groups in total. The molecule has 7 nitrogen and oxygen atoms in total. The molecule has 3 aromatic carbocycles. The number of carbonyl (C=O) groups excluding carboxylic acids is 1. The van der Waals surface area contributed by atoms with Gasteiger partial charge in [0.15, 0.2) is 11.0 Å². The van der Waals surface area contributed by atoms with Crippen molar-refractivity contribution in [2.24, 2.45) is 5.10 Å². The maximum absolute atomic E-state index is 12.6. The van der Waals surface area contributed by atoms with E-state index in [9.17, 15) is 4.79 Å². The minimum Gasteiger partial charge on any atom is -0.497 e. The number of benzene rings is 3. The van der Waals surface area contributed by atoms with Crippen LogP contribution < -0.4 is 10.2 Å². The van der Waals surface area contributed by atoms with Gasteiger partial charge in [0.1, 0.15) is 5.75 Å². The number of amides is 1. The zero-order valence-corrected chi connectivity index (χ0v) is 23.6. The smallest absolute Gasteiger partial charge is 0.250 e. The maximum Gasteiger partial charge on any atom is 0.250 e. The number of ether oxygens (including phenoxy) is 1. The summed E-state index contributed by atoms with van der Waals surface area (Å²) in [6.45, 7) is 8.34. The minimum absolute atomic E-state index is 0.0449. The lowest BCUT2D eigenvalue weighted by Crippen LogP contribution is -2.21. The zero-order chi connectivity index (χ0) is 27.3. The van der Waals surface area contributed by atoms with Crippen molar-refractivity contribution in [3.05, 3.63) is 88.9 Å². The van der Waals surface area contributed by atoms with E-state index in [4.69, 9.17) is 16.3 Å². The maximum atomic E-state index is 12.6. The van der Waals surface area contributed by atoms with Crippen molar-refractivity contribution in [3.8, 4) is 22.8 Å². The second-order valence-electron chi connectivity index (χ2n) is 9.67. The Morgan fingerprint density at radius 3 is 2.34 bits per heavy atom. The molecule has 0 saturated carbocycles. The number of hydrogen-bond donors (Lipinski definition) is 1. The van der Waals surface area contributed by atoms with Crippen molar-refractivity contribution in [2.75, 3.05) is 12.9 Å². The molecule has 0 radical (unpaired) electrons. The average molecular weight is 548 g/mol. The average Bonchev–Trinajstić information content (AvgIpc) is 3.34. The number of aromatic nitrogens is 3. The van der Waals surface area contributed by atoms with E-state index in [2.05, 4.69) is 65.8 Å². The molecule has 1 amide bonds. The fourth-order valence-electron chi connectivity index (χ4n) is 3.76. The predicted octanol–water partition coefficient (Wildman–Crippen LogP) is 6.53. The number of hydrazone groups is 1. The second-order valence-corrected chi connectivity index (χ2v) is 11.0. The summed E-state index contributed by atoms with van der Waals surface area (Å²) in [5.74, 6) is 1.28. The van der Waals surface area contributed by atoms with Gasteiger partial charge < -0.3 is 4.74 Å². The fourth-order valence-corrected chi connectivity index (χ4v) is 4.77. The van der Waals surface area contributed by atoms with Gasteiger partial charge in [0, 0.05) is 21.8 Å². The third-order valence-corrected chi connectivity index (χ3v) is 7.18. The Bertz CT molecular complexity index is 1440. The number of rotatable bonds is 8. The molecule has 4 aromatic rings. The van der Waals surface area contributed by atoms with E-state index < -0.39 is 0 Å². The molecule has 0 unspecified atom stereocenters. The Hall–Kier alpha value is -3.62. The Labute approximate surface area is 232 Å². The summed E-state index contributed by atoms with van der Waals surface area (Å²) >= 11 is 7.51. The molecule has 0 aliphatic rings. The molecular formula is C29H30ClN5O2S. The van der Waals surface area contributed by atoms with Crippen LogP contribution in [0.4, 0.5) is 0 Å². The highest BCUT2D eigenvalue weighted by Gasteiger charge is 2.19. The summed E-state index contributed by atoms with van der Waals surface area (Å²) in [6, 6.07) is 23.3. The second kappa shape index (κ2) is 11.8. The third kappa shape index (κ3) is 6.44. The largest absolute Gasteiger partial charge is 0.497 e. The first-order valence-electron chi connectivity index (χ1n) is 12.1. The van der Waals surface area contributed by atoms with Gasteiger partial charge in [-0.3, -0.25) is 9.36 Å². The number of nitrogens with zero attached hydrogens (tertiary/aromatic N) is 4. The lowest BCUT2D eigenvalue weighted by atomic mass is 9.87. The van der Waals surface area contributed by atoms with Crippen LogP contribution in [0.15, 0.2) is 83.1 Å². The quantitative estimate of drug-likeness (QED) is 0.154. The van der Waals surface area contributed by atoms with Gasteiger partial charge in [0.05, 0.1) is 18.6 Å². The number of nitrogens with one attached hydrogen (secondary N) is 1. The normalized spacial score (nSPS) is 11.9. The molecule has 1 aromatic heterocycles. The highest BCUT2D eigenvalue weighted by Crippen LogP contribution is 2.30. The van der Waals surface area contributed by atoms with Gasteiger partial charge in [-0.2, -0.15) is 5.10 Å². The molecule has 0 saturated heterocycles. The first-order chi connectivity index (χ1) is 18.2. The standard InChI is InChI=1S/C29H30ClN5O2S/c1-19(24-8-6-7-9-25(24)30)31-32-26(36)18-38-28-34-33-27(20-10-12-21(13-11-20)29(2,3)4)35(28)22-14-16-23(37-5)17-15-22/h6-17H,18H2,1-5H3,(H,32,36)/b31-19-. The van der Waals surface area contributed by atoms with Gasteiger partial charge in [-0.1, -0.05) is 86.6 Å².